The monoisotopic (exact) mass is 217 g/mol. The molecule has 0 fully saturated rings. The molecule has 0 aliphatic rings. The Bertz CT molecular complexity index is 444. The highest BCUT2D eigenvalue weighted by molar-refractivity contribution is 7.89. The molecule has 1 aromatic rings. The Hall–Kier alpha value is -1.09. The summed E-state index contributed by atoms with van der Waals surface area (Å²) in [6, 6.07) is 2.92. The molecule has 0 amide bonds. The number of hydrogen-bond donors (Lipinski definition) is 4. The second kappa shape index (κ2) is 3.58. The van der Waals surface area contributed by atoms with Crippen molar-refractivity contribution in [3.05, 3.63) is 18.2 Å². The molecule has 0 radical (unpaired) electrons. The molecule has 0 aliphatic heterocycles. The van der Waals surface area contributed by atoms with Gasteiger partial charge in [-0.2, -0.15) is 0 Å². The molecule has 0 aliphatic carbocycles. The smallest absolute Gasteiger partial charge is 0.488 e. The van der Waals surface area contributed by atoms with Crippen molar-refractivity contribution in [1.82, 2.24) is 0 Å². The van der Waals surface area contributed by atoms with Crippen molar-refractivity contribution in [2.75, 3.05) is 0 Å². The molecule has 1 aromatic carbocycles. The number of phenolic OH excluding ortho intramolecular Hbond substituents is 1. The van der Waals surface area contributed by atoms with E-state index in [2.05, 4.69) is 0 Å². The van der Waals surface area contributed by atoms with Crippen molar-refractivity contribution in [2.45, 2.75) is 4.90 Å². The Morgan fingerprint density at radius 3 is 2.21 bits per heavy atom. The molecular formula is C6H8BNO5S. The Balaban J connectivity index is 3.35. The summed E-state index contributed by atoms with van der Waals surface area (Å²) < 4.78 is 21.7. The van der Waals surface area contributed by atoms with Gasteiger partial charge in [0.15, 0.2) is 0 Å². The van der Waals surface area contributed by atoms with Crippen LogP contribution in [0.1, 0.15) is 0 Å². The van der Waals surface area contributed by atoms with Crippen LogP contribution in [0.25, 0.3) is 0 Å². The van der Waals surface area contributed by atoms with Crippen LogP contribution in [0.5, 0.6) is 5.75 Å². The molecule has 0 spiro atoms. The molecule has 8 heteroatoms. The van der Waals surface area contributed by atoms with Gasteiger partial charge >= 0.3 is 7.12 Å². The van der Waals surface area contributed by atoms with E-state index in [-0.39, 0.29) is 10.4 Å². The summed E-state index contributed by atoms with van der Waals surface area (Å²) in [4.78, 5) is -0.374. The first-order valence-corrected chi connectivity index (χ1v) is 5.08. The zero-order valence-corrected chi connectivity index (χ0v) is 7.77. The number of hydrogen-bond acceptors (Lipinski definition) is 5. The lowest BCUT2D eigenvalue weighted by Gasteiger charge is -2.03. The Labute approximate surface area is 80.8 Å². The summed E-state index contributed by atoms with van der Waals surface area (Å²) in [6.45, 7) is 0. The van der Waals surface area contributed by atoms with Crippen LogP contribution in [-0.4, -0.2) is 30.7 Å². The largest absolute Gasteiger partial charge is 0.508 e. The number of benzene rings is 1. The van der Waals surface area contributed by atoms with Crippen LogP contribution in [0, 0.1) is 0 Å². The van der Waals surface area contributed by atoms with Crippen molar-refractivity contribution < 1.29 is 23.6 Å². The minimum absolute atomic E-state index is 0.144. The first-order valence-electron chi connectivity index (χ1n) is 3.53. The Morgan fingerprint density at radius 1 is 1.21 bits per heavy atom. The van der Waals surface area contributed by atoms with Crippen LogP contribution in [0.15, 0.2) is 23.1 Å². The molecule has 14 heavy (non-hydrogen) atoms. The van der Waals surface area contributed by atoms with Crippen LogP contribution in [0.3, 0.4) is 0 Å². The van der Waals surface area contributed by atoms with Gasteiger partial charge in [0, 0.05) is 0 Å². The summed E-state index contributed by atoms with van der Waals surface area (Å²) in [5, 5.41) is 31.4. The number of primary sulfonamides is 1. The van der Waals surface area contributed by atoms with Crippen LogP contribution < -0.4 is 10.6 Å². The van der Waals surface area contributed by atoms with Gasteiger partial charge in [0.2, 0.25) is 10.0 Å². The van der Waals surface area contributed by atoms with E-state index < -0.39 is 22.9 Å². The number of nitrogens with two attached hydrogens (primary N) is 1. The molecule has 0 bridgehead atoms. The predicted octanol–water partition coefficient (Wildman–Crippen LogP) is -2.28. The van der Waals surface area contributed by atoms with Gasteiger partial charge in [0.05, 0.1) is 4.90 Å². The summed E-state index contributed by atoms with van der Waals surface area (Å²) in [5.74, 6) is -0.403. The predicted molar refractivity (Wildman–Crippen MR) is 49.3 cm³/mol. The zero-order chi connectivity index (χ0) is 10.9. The van der Waals surface area contributed by atoms with Crippen molar-refractivity contribution >= 4 is 22.6 Å². The molecule has 0 atom stereocenters. The molecule has 76 valence electrons. The van der Waals surface area contributed by atoms with Crippen molar-refractivity contribution in [3.8, 4) is 5.75 Å². The first-order chi connectivity index (χ1) is 6.30. The Morgan fingerprint density at radius 2 is 1.79 bits per heavy atom. The van der Waals surface area contributed by atoms with Crippen molar-refractivity contribution in [3.63, 3.8) is 0 Å². The fourth-order valence-corrected chi connectivity index (χ4v) is 1.50. The maximum Gasteiger partial charge on any atom is 0.488 e. The van der Waals surface area contributed by atoms with Gasteiger partial charge in [0.1, 0.15) is 5.75 Å². The van der Waals surface area contributed by atoms with Crippen LogP contribution in [0.4, 0.5) is 0 Å². The standard InChI is InChI=1S/C6H8BNO5S/c8-14(12,13)6-2-4(7(10)11)1-5(9)3-6/h1-3,9-11H,(H2,8,12,13). The number of aromatic hydroxyl groups is 1. The summed E-state index contributed by atoms with van der Waals surface area (Å²) >= 11 is 0. The van der Waals surface area contributed by atoms with E-state index in [1.165, 1.54) is 0 Å². The normalized spacial score (nSPS) is 11.4. The van der Waals surface area contributed by atoms with Gasteiger partial charge in [-0.3, -0.25) is 0 Å². The fourth-order valence-electron chi connectivity index (χ4n) is 0.919. The third-order valence-electron chi connectivity index (χ3n) is 1.54. The average Bonchev–Trinajstić information content (AvgIpc) is 2.01. The van der Waals surface area contributed by atoms with Gasteiger partial charge < -0.3 is 15.2 Å². The molecule has 0 aromatic heterocycles. The van der Waals surface area contributed by atoms with Crippen LogP contribution in [-0.2, 0) is 10.0 Å². The highest BCUT2D eigenvalue weighted by Gasteiger charge is 2.16. The second-order valence-corrected chi connectivity index (χ2v) is 4.24. The third kappa shape index (κ3) is 2.45. The maximum absolute atomic E-state index is 10.9. The SMILES string of the molecule is NS(=O)(=O)c1cc(O)cc(B(O)O)c1. The average molecular weight is 217 g/mol. The second-order valence-electron chi connectivity index (χ2n) is 2.68. The third-order valence-corrected chi connectivity index (χ3v) is 2.43. The quantitative estimate of drug-likeness (QED) is 0.416. The van der Waals surface area contributed by atoms with Crippen molar-refractivity contribution in [2.24, 2.45) is 5.14 Å². The maximum atomic E-state index is 10.9. The van der Waals surface area contributed by atoms with E-state index in [1.807, 2.05) is 0 Å². The number of rotatable bonds is 2. The van der Waals surface area contributed by atoms with Gasteiger partial charge in [-0.15, -0.1) is 0 Å². The molecule has 5 N–H and O–H groups in total. The van der Waals surface area contributed by atoms with Gasteiger partial charge in [-0.25, -0.2) is 13.6 Å². The van der Waals surface area contributed by atoms with Crippen molar-refractivity contribution in [1.29, 1.82) is 0 Å². The molecule has 1 rings (SSSR count). The molecule has 6 nitrogen and oxygen atoms in total. The van der Waals surface area contributed by atoms with E-state index >= 15 is 0 Å². The summed E-state index contributed by atoms with van der Waals surface area (Å²) in [6.07, 6.45) is 0. The van der Waals surface area contributed by atoms with E-state index in [9.17, 15) is 8.42 Å². The number of sulfonamides is 1. The van der Waals surface area contributed by atoms with Crippen LogP contribution in [0.2, 0.25) is 0 Å². The molecule has 0 heterocycles. The molecule has 0 unspecified atom stereocenters. The highest BCUT2D eigenvalue weighted by atomic mass is 32.2. The molecule has 0 saturated heterocycles. The lowest BCUT2D eigenvalue weighted by atomic mass is 9.80. The zero-order valence-electron chi connectivity index (χ0n) is 6.95. The summed E-state index contributed by atoms with van der Waals surface area (Å²) in [5.41, 5.74) is -0.144. The van der Waals surface area contributed by atoms with E-state index in [0.29, 0.717) is 0 Å². The minimum Gasteiger partial charge on any atom is -0.508 e. The van der Waals surface area contributed by atoms with E-state index in [1.54, 1.807) is 0 Å². The van der Waals surface area contributed by atoms with Gasteiger partial charge in [0.25, 0.3) is 0 Å². The topological polar surface area (TPSA) is 121 Å². The van der Waals surface area contributed by atoms with E-state index in [4.69, 9.17) is 20.3 Å². The fraction of sp³-hybridized carbons (Fsp3) is 0. The van der Waals surface area contributed by atoms with Crippen LogP contribution >= 0.6 is 0 Å². The molecular weight excluding hydrogens is 209 g/mol. The lowest BCUT2D eigenvalue weighted by Crippen LogP contribution is -2.30. The van der Waals surface area contributed by atoms with E-state index in [0.717, 1.165) is 18.2 Å². The van der Waals surface area contributed by atoms with Gasteiger partial charge in [-0.05, 0) is 23.7 Å². The first kappa shape index (κ1) is 11.0. The summed E-state index contributed by atoms with van der Waals surface area (Å²) in [7, 11) is -5.82. The minimum atomic E-state index is -3.96. The highest BCUT2D eigenvalue weighted by Crippen LogP contribution is 2.13. The number of phenols is 1. The molecule has 0 saturated carbocycles. The lowest BCUT2D eigenvalue weighted by molar-refractivity contribution is 0.424. The Kier molecular flexibility index (Phi) is 2.81. The van der Waals surface area contributed by atoms with Gasteiger partial charge in [-0.1, -0.05) is 0 Å².